The predicted molar refractivity (Wildman–Crippen MR) is 119 cm³/mol. The van der Waals surface area contributed by atoms with Crippen LogP contribution in [0.4, 0.5) is 8.78 Å². The highest BCUT2D eigenvalue weighted by atomic mass is 19.2. The first-order chi connectivity index (χ1) is 16.4. The normalized spacial score (nSPS) is 12.2. The summed E-state index contributed by atoms with van der Waals surface area (Å²) < 4.78 is 39.4. The Balaban J connectivity index is 1.49. The molecule has 1 aromatic heterocycles. The minimum absolute atomic E-state index is 0.124. The highest BCUT2D eigenvalue weighted by Crippen LogP contribution is 2.29. The van der Waals surface area contributed by atoms with E-state index in [0.717, 1.165) is 36.2 Å². The van der Waals surface area contributed by atoms with E-state index in [1.165, 1.54) is 23.9 Å². The highest BCUT2D eigenvalue weighted by Gasteiger charge is 2.27. The van der Waals surface area contributed by atoms with Gasteiger partial charge in [-0.1, -0.05) is 6.92 Å². The van der Waals surface area contributed by atoms with Crippen LogP contribution in [0.1, 0.15) is 51.9 Å². The van der Waals surface area contributed by atoms with Crippen molar-refractivity contribution in [1.82, 2.24) is 20.6 Å². The third-order valence-electron chi connectivity index (χ3n) is 5.47. The number of fused-ring (bicyclic) bond motifs is 1. The van der Waals surface area contributed by atoms with Crippen LogP contribution in [0.2, 0.25) is 0 Å². The molecule has 178 valence electrons. The number of amides is 2. The van der Waals surface area contributed by atoms with Gasteiger partial charge in [0.15, 0.2) is 28.8 Å². The molecule has 0 unspecified atom stereocenters. The zero-order valence-corrected chi connectivity index (χ0v) is 18.8. The van der Waals surface area contributed by atoms with Crippen molar-refractivity contribution in [3.05, 3.63) is 70.5 Å². The molecule has 1 aliphatic rings. The standard InChI is InChI=1S/C24H24F2N4O4/c1-3-11-34-20-10-7-14(12-21(20)33-2)23(31)27-28-24(32)22-16-5-4-6-19(16)30(29-22)15-8-9-17(25)18(26)13-15/h7-10,12-13H,3-6,11H2,1-2H3,(H,27,31)(H,28,32). The Morgan fingerprint density at radius 2 is 1.82 bits per heavy atom. The van der Waals surface area contributed by atoms with Gasteiger partial charge in [0.1, 0.15) is 0 Å². The van der Waals surface area contributed by atoms with Crippen molar-refractivity contribution in [2.45, 2.75) is 32.6 Å². The Kier molecular flexibility index (Phi) is 6.76. The second-order valence-electron chi connectivity index (χ2n) is 7.76. The molecule has 1 aliphatic carbocycles. The minimum Gasteiger partial charge on any atom is -0.493 e. The monoisotopic (exact) mass is 470 g/mol. The fourth-order valence-corrected chi connectivity index (χ4v) is 3.84. The summed E-state index contributed by atoms with van der Waals surface area (Å²) in [6.45, 7) is 2.49. The molecule has 34 heavy (non-hydrogen) atoms. The minimum atomic E-state index is -1.00. The van der Waals surface area contributed by atoms with Gasteiger partial charge in [0, 0.05) is 22.9 Å². The molecule has 2 aromatic carbocycles. The number of halogens is 2. The van der Waals surface area contributed by atoms with Gasteiger partial charge < -0.3 is 9.47 Å². The van der Waals surface area contributed by atoms with Gasteiger partial charge in [-0.25, -0.2) is 13.5 Å². The molecular weight excluding hydrogens is 446 g/mol. The zero-order chi connectivity index (χ0) is 24.2. The molecule has 0 fully saturated rings. The molecule has 4 rings (SSSR count). The van der Waals surface area contributed by atoms with Gasteiger partial charge in [0.25, 0.3) is 11.8 Å². The molecule has 0 spiro atoms. The average molecular weight is 470 g/mol. The van der Waals surface area contributed by atoms with Gasteiger partial charge in [-0.3, -0.25) is 20.4 Å². The van der Waals surface area contributed by atoms with Crippen LogP contribution in [0.25, 0.3) is 5.69 Å². The number of carbonyl (C=O) groups is 2. The quantitative estimate of drug-likeness (QED) is 0.516. The number of aromatic nitrogens is 2. The lowest BCUT2D eigenvalue weighted by molar-refractivity contribution is 0.0843. The molecule has 1 heterocycles. The van der Waals surface area contributed by atoms with Crippen molar-refractivity contribution in [3.63, 3.8) is 0 Å². The third-order valence-corrected chi connectivity index (χ3v) is 5.47. The van der Waals surface area contributed by atoms with Gasteiger partial charge >= 0.3 is 0 Å². The number of nitrogens with one attached hydrogen (secondary N) is 2. The molecule has 0 aliphatic heterocycles. The first kappa shape index (κ1) is 23.2. The van der Waals surface area contributed by atoms with E-state index in [1.54, 1.807) is 12.1 Å². The summed E-state index contributed by atoms with van der Waals surface area (Å²) >= 11 is 0. The highest BCUT2D eigenvalue weighted by molar-refractivity contribution is 5.99. The van der Waals surface area contributed by atoms with Crippen LogP contribution in [-0.4, -0.2) is 35.3 Å². The van der Waals surface area contributed by atoms with Gasteiger partial charge in [-0.05, 0) is 56.0 Å². The molecule has 2 amide bonds. The van der Waals surface area contributed by atoms with Crippen LogP contribution in [0.15, 0.2) is 36.4 Å². The van der Waals surface area contributed by atoms with Crippen LogP contribution in [0.3, 0.4) is 0 Å². The molecule has 10 heteroatoms. The number of benzene rings is 2. The Morgan fingerprint density at radius 3 is 2.56 bits per heavy atom. The maximum Gasteiger partial charge on any atom is 0.290 e. The van der Waals surface area contributed by atoms with Crippen molar-refractivity contribution in [2.75, 3.05) is 13.7 Å². The van der Waals surface area contributed by atoms with Crippen molar-refractivity contribution >= 4 is 11.8 Å². The van der Waals surface area contributed by atoms with Crippen molar-refractivity contribution in [2.24, 2.45) is 0 Å². The van der Waals surface area contributed by atoms with E-state index >= 15 is 0 Å². The van der Waals surface area contributed by atoms with Gasteiger partial charge in [0.05, 0.1) is 19.4 Å². The number of rotatable bonds is 7. The van der Waals surface area contributed by atoms with E-state index in [0.29, 0.717) is 36.6 Å². The van der Waals surface area contributed by atoms with Gasteiger partial charge in [-0.2, -0.15) is 5.10 Å². The molecule has 3 aromatic rings. The van der Waals surface area contributed by atoms with Crippen LogP contribution in [0, 0.1) is 11.6 Å². The Hall–Kier alpha value is -3.95. The Morgan fingerprint density at radius 1 is 1.03 bits per heavy atom. The number of hydrogen-bond donors (Lipinski definition) is 2. The maximum absolute atomic E-state index is 13.7. The summed E-state index contributed by atoms with van der Waals surface area (Å²) in [5.41, 5.74) is 6.93. The van der Waals surface area contributed by atoms with E-state index in [9.17, 15) is 18.4 Å². The second-order valence-corrected chi connectivity index (χ2v) is 7.76. The summed E-state index contributed by atoms with van der Waals surface area (Å²) in [7, 11) is 1.47. The first-order valence-corrected chi connectivity index (χ1v) is 10.9. The summed E-state index contributed by atoms with van der Waals surface area (Å²) in [6.07, 6.45) is 2.89. The van der Waals surface area contributed by atoms with E-state index < -0.39 is 23.4 Å². The molecule has 0 saturated carbocycles. The summed E-state index contributed by atoms with van der Waals surface area (Å²) in [4.78, 5) is 25.4. The van der Waals surface area contributed by atoms with E-state index in [4.69, 9.17) is 9.47 Å². The van der Waals surface area contributed by atoms with Crippen molar-refractivity contribution in [3.8, 4) is 17.2 Å². The van der Waals surface area contributed by atoms with Crippen LogP contribution in [-0.2, 0) is 12.8 Å². The number of hydrazine groups is 1. The maximum atomic E-state index is 13.7. The number of carbonyl (C=O) groups excluding carboxylic acids is 2. The SMILES string of the molecule is CCCOc1ccc(C(=O)NNC(=O)c2nn(-c3ccc(F)c(F)c3)c3c2CCC3)cc1OC. The number of nitrogens with zero attached hydrogens (tertiary/aromatic N) is 2. The Bertz CT molecular complexity index is 1240. The largest absolute Gasteiger partial charge is 0.493 e. The smallest absolute Gasteiger partial charge is 0.290 e. The van der Waals surface area contributed by atoms with E-state index in [2.05, 4.69) is 16.0 Å². The van der Waals surface area contributed by atoms with E-state index in [1.807, 2.05) is 6.92 Å². The molecule has 0 saturated heterocycles. The molecule has 0 atom stereocenters. The van der Waals surface area contributed by atoms with Gasteiger partial charge in [0.2, 0.25) is 0 Å². The van der Waals surface area contributed by atoms with Crippen LogP contribution < -0.4 is 20.3 Å². The van der Waals surface area contributed by atoms with Crippen LogP contribution in [0.5, 0.6) is 11.5 Å². The molecule has 0 radical (unpaired) electrons. The van der Waals surface area contributed by atoms with Crippen molar-refractivity contribution < 1.29 is 27.8 Å². The lowest BCUT2D eigenvalue weighted by atomic mass is 10.2. The molecule has 0 bridgehead atoms. The number of methoxy groups -OCH3 is 1. The van der Waals surface area contributed by atoms with Crippen LogP contribution >= 0.6 is 0 Å². The summed E-state index contributed by atoms with van der Waals surface area (Å²) in [6, 6.07) is 8.15. The summed E-state index contributed by atoms with van der Waals surface area (Å²) in [5.74, 6) is -2.21. The lowest BCUT2D eigenvalue weighted by Crippen LogP contribution is -2.42. The fraction of sp³-hybridized carbons (Fsp3) is 0.292. The van der Waals surface area contributed by atoms with Gasteiger partial charge in [-0.15, -0.1) is 0 Å². The molecule has 8 nitrogen and oxygen atoms in total. The topological polar surface area (TPSA) is 94.5 Å². The van der Waals surface area contributed by atoms with Crippen molar-refractivity contribution in [1.29, 1.82) is 0 Å². The molecular formula is C24H24F2N4O4. The second kappa shape index (κ2) is 9.90. The summed E-state index contributed by atoms with van der Waals surface area (Å²) in [5, 5.41) is 4.32. The first-order valence-electron chi connectivity index (χ1n) is 10.9. The number of hydrogen-bond acceptors (Lipinski definition) is 5. The predicted octanol–water partition coefficient (Wildman–Crippen LogP) is 3.51. The molecule has 2 N–H and O–H groups in total. The lowest BCUT2D eigenvalue weighted by Gasteiger charge is -2.12. The number of ether oxygens (including phenoxy) is 2. The van der Waals surface area contributed by atoms with E-state index in [-0.39, 0.29) is 11.3 Å². The third kappa shape index (κ3) is 4.57. The fourth-order valence-electron chi connectivity index (χ4n) is 3.84. The Labute approximate surface area is 194 Å². The zero-order valence-electron chi connectivity index (χ0n) is 18.8. The average Bonchev–Trinajstić information content (AvgIpc) is 3.45.